The minimum Gasteiger partial charge on any atom is -0.330 e. The van der Waals surface area contributed by atoms with Gasteiger partial charge in [0.1, 0.15) is 0 Å². The molecule has 3 unspecified atom stereocenters. The molecule has 0 bridgehead atoms. The van der Waals surface area contributed by atoms with Gasteiger partial charge in [0.15, 0.2) is 0 Å². The second kappa shape index (κ2) is 6.06. The smallest absolute Gasteiger partial charge is 0.0363 e. The van der Waals surface area contributed by atoms with Crippen LogP contribution in [0.15, 0.2) is 30.3 Å². The normalized spacial score (nSPS) is 29.1. The first-order valence-electron chi connectivity index (χ1n) is 7.91. The number of hydrogen-bond acceptors (Lipinski definition) is 2. The quantitative estimate of drug-likeness (QED) is 0.897. The fourth-order valence-electron chi connectivity index (χ4n) is 4.24. The number of nitrogens with two attached hydrogens (primary N) is 1. The lowest BCUT2D eigenvalue weighted by atomic mass is 9.88. The zero-order chi connectivity index (χ0) is 13.1. The van der Waals surface area contributed by atoms with Crippen LogP contribution in [0.5, 0.6) is 0 Å². The first kappa shape index (κ1) is 13.1. The summed E-state index contributed by atoms with van der Waals surface area (Å²) < 4.78 is 0. The average Bonchev–Trinajstić information content (AvgIpc) is 2.94. The van der Waals surface area contributed by atoms with E-state index in [1.807, 2.05) is 0 Å². The molecule has 0 radical (unpaired) electrons. The maximum Gasteiger partial charge on any atom is 0.0363 e. The van der Waals surface area contributed by atoms with Crippen molar-refractivity contribution in [1.82, 2.24) is 4.90 Å². The summed E-state index contributed by atoms with van der Waals surface area (Å²) in [5, 5.41) is 0. The van der Waals surface area contributed by atoms with Gasteiger partial charge in [0, 0.05) is 12.1 Å². The number of piperidine rings is 1. The summed E-state index contributed by atoms with van der Waals surface area (Å²) in [4.78, 5) is 2.78. The molecule has 19 heavy (non-hydrogen) atoms. The van der Waals surface area contributed by atoms with Crippen molar-refractivity contribution < 1.29 is 0 Å². The Morgan fingerprint density at radius 2 is 1.89 bits per heavy atom. The van der Waals surface area contributed by atoms with Gasteiger partial charge in [0.25, 0.3) is 0 Å². The van der Waals surface area contributed by atoms with Crippen molar-refractivity contribution in [2.75, 3.05) is 13.1 Å². The summed E-state index contributed by atoms with van der Waals surface area (Å²) in [7, 11) is 0. The van der Waals surface area contributed by atoms with Gasteiger partial charge >= 0.3 is 0 Å². The average molecular weight is 258 g/mol. The molecule has 2 nitrogen and oxygen atoms in total. The van der Waals surface area contributed by atoms with E-state index < -0.39 is 0 Å². The fraction of sp³-hybridized carbons (Fsp3) is 0.647. The Balaban J connectivity index is 1.83. The molecule has 0 aromatic heterocycles. The summed E-state index contributed by atoms with van der Waals surface area (Å²) in [5.74, 6) is 0.956. The highest BCUT2D eigenvalue weighted by molar-refractivity contribution is 5.20. The van der Waals surface area contributed by atoms with Crippen molar-refractivity contribution in [2.45, 2.75) is 50.6 Å². The molecule has 1 aliphatic heterocycles. The molecule has 2 heteroatoms. The van der Waals surface area contributed by atoms with Crippen molar-refractivity contribution in [3.63, 3.8) is 0 Å². The molecule has 0 spiro atoms. The van der Waals surface area contributed by atoms with Gasteiger partial charge in [-0.25, -0.2) is 0 Å². The largest absolute Gasteiger partial charge is 0.330 e. The lowest BCUT2D eigenvalue weighted by Gasteiger charge is -2.43. The lowest BCUT2D eigenvalue weighted by molar-refractivity contribution is 0.0636. The molecule has 2 aliphatic rings. The summed E-state index contributed by atoms with van der Waals surface area (Å²) in [6.07, 6.45) is 8.19. The fourth-order valence-corrected chi connectivity index (χ4v) is 4.24. The van der Waals surface area contributed by atoms with Crippen molar-refractivity contribution >= 4 is 0 Å². The summed E-state index contributed by atoms with van der Waals surface area (Å²) in [6.45, 7) is 2.05. The first-order valence-corrected chi connectivity index (χ1v) is 7.91. The highest BCUT2D eigenvalue weighted by Gasteiger charge is 2.38. The number of fused-ring (bicyclic) bond motifs is 1. The molecule has 2 fully saturated rings. The predicted octanol–water partition coefficient (Wildman–Crippen LogP) is 3.34. The van der Waals surface area contributed by atoms with E-state index in [0.717, 1.165) is 24.9 Å². The van der Waals surface area contributed by atoms with Gasteiger partial charge in [-0.3, -0.25) is 4.90 Å². The van der Waals surface area contributed by atoms with Crippen LogP contribution >= 0.6 is 0 Å². The molecule has 3 atom stereocenters. The molecule has 1 aromatic rings. The van der Waals surface area contributed by atoms with Gasteiger partial charge in [-0.2, -0.15) is 0 Å². The molecule has 1 saturated carbocycles. The zero-order valence-corrected chi connectivity index (χ0v) is 11.8. The Morgan fingerprint density at radius 1 is 1.11 bits per heavy atom. The third-order valence-corrected chi connectivity index (χ3v) is 5.06. The van der Waals surface area contributed by atoms with Crippen molar-refractivity contribution in [2.24, 2.45) is 11.7 Å². The molecular weight excluding hydrogens is 232 g/mol. The Kier molecular flexibility index (Phi) is 4.19. The van der Waals surface area contributed by atoms with E-state index in [1.54, 1.807) is 0 Å². The van der Waals surface area contributed by atoms with Gasteiger partial charge in [0.2, 0.25) is 0 Å². The van der Waals surface area contributed by atoms with Crippen LogP contribution in [-0.4, -0.2) is 24.0 Å². The van der Waals surface area contributed by atoms with Gasteiger partial charge in [-0.1, -0.05) is 36.8 Å². The maximum absolute atomic E-state index is 5.88. The Hall–Kier alpha value is -0.860. The van der Waals surface area contributed by atoms with E-state index in [2.05, 4.69) is 35.2 Å². The minimum absolute atomic E-state index is 0.539. The van der Waals surface area contributed by atoms with E-state index in [-0.39, 0.29) is 0 Å². The highest BCUT2D eigenvalue weighted by Crippen LogP contribution is 2.41. The zero-order valence-electron chi connectivity index (χ0n) is 11.8. The van der Waals surface area contributed by atoms with Gasteiger partial charge in [-0.15, -0.1) is 0 Å². The third-order valence-electron chi connectivity index (χ3n) is 5.06. The van der Waals surface area contributed by atoms with E-state index in [1.165, 1.54) is 44.2 Å². The number of nitrogens with zero attached hydrogens (tertiary/aromatic N) is 1. The number of benzene rings is 1. The molecule has 1 heterocycles. The molecule has 1 aromatic carbocycles. The first-order chi connectivity index (χ1) is 9.40. The number of rotatable bonds is 4. The number of likely N-dealkylation sites (tertiary alicyclic amines) is 1. The van der Waals surface area contributed by atoms with Gasteiger partial charge in [-0.05, 0) is 56.7 Å². The second-order valence-corrected chi connectivity index (χ2v) is 6.14. The van der Waals surface area contributed by atoms with E-state index in [0.29, 0.717) is 6.04 Å². The van der Waals surface area contributed by atoms with Crippen LogP contribution in [0.1, 0.15) is 50.1 Å². The van der Waals surface area contributed by atoms with Gasteiger partial charge < -0.3 is 5.73 Å². The molecule has 104 valence electrons. The molecule has 3 rings (SSSR count). The molecule has 1 aliphatic carbocycles. The monoisotopic (exact) mass is 258 g/mol. The molecule has 0 amide bonds. The van der Waals surface area contributed by atoms with E-state index in [9.17, 15) is 0 Å². The van der Waals surface area contributed by atoms with Crippen molar-refractivity contribution in [3.05, 3.63) is 35.9 Å². The standard InChI is InChI=1S/C17H26N2/c18-12-11-17(14-6-2-1-3-7-14)19-13-5-9-15-8-4-10-16(15)19/h1-3,6-7,15-17H,4-5,8-13,18H2. The number of hydrogen-bond donors (Lipinski definition) is 1. The molecular formula is C17H26N2. The summed E-state index contributed by atoms with van der Waals surface area (Å²) in [6, 6.07) is 12.3. The summed E-state index contributed by atoms with van der Waals surface area (Å²) >= 11 is 0. The Labute approximate surface area is 117 Å². The lowest BCUT2D eigenvalue weighted by Crippen LogP contribution is -2.45. The van der Waals surface area contributed by atoms with Crippen LogP contribution in [0, 0.1) is 5.92 Å². The highest BCUT2D eigenvalue weighted by atomic mass is 15.2. The van der Waals surface area contributed by atoms with Crippen LogP contribution in [0.4, 0.5) is 0 Å². The second-order valence-electron chi connectivity index (χ2n) is 6.14. The van der Waals surface area contributed by atoms with Crippen LogP contribution in [0.25, 0.3) is 0 Å². The molecule has 1 saturated heterocycles. The predicted molar refractivity (Wildman–Crippen MR) is 79.9 cm³/mol. The maximum atomic E-state index is 5.88. The van der Waals surface area contributed by atoms with Crippen molar-refractivity contribution in [1.29, 1.82) is 0 Å². The topological polar surface area (TPSA) is 29.3 Å². The Bertz CT molecular complexity index is 390. The summed E-state index contributed by atoms with van der Waals surface area (Å²) in [5.41, 5.74) is 7.34. The van der Waals surface area contributed by atoms with Crippen molar-refractivity contribution in [3.8, 4) is 0 Å². The minimum atomic E-state index is 0.539. The van der Waals surface area contributed by atoms with Crippen LogP contribution in [-0.2, 0) is 0 Å². The molecule has 2 N–H and O–H groups in total. The van der Waals surface area contributed by atoms with Crippen LogP contribution in [0.3, 0.4) is 0 Å². The van der Waals surface area contributed by atoms with Crippen LogP contribution < -0.4 is 5.73 Å². The van der Waals surface area contributed by atoms with E-state index in [4.69, 9.17) is 5.73 Å². The Morgan fingerprint density at radius 3 is 2.68 bits per heavy atom. The SMILES string of the molecule is NCCC(c1ccccc1)N1CCCC2CCCC21. The third kappa shape index (κ3) is 2.70. The van der Waals surface area contributed by atoms with Gasteiger partial charge in [0.05, 0.1) is 0 Å². The van der Waals surface area contributed by atoms with E-state index >= 15 is 0 Å². The van der Waals surface area contributed by atoms with Crippen LogP contribution in [0.2, 0.25) is 0 Å².